The molecule has 3 nitrogen and oxygen atoms in total. The first kappa shape index (κ1) is 5.31. The maximum atomic E-state index is 8.70. The molecule has 1 heterocycles. The molecular formula is C5H7N2O. The molecule has 3 heteroatoms. The smallest absolute Gasteiger partial charge is 0.147 e. The Morgan fingerprint density at radius 3 is 2.75 bits per heavy atom. The minimum Gasteiger partial charge on any atom is -0.372 e. The van der Waals surface area contributed by atoms with E-state index < -0.39 is 6.23 Å². The Bertz CT molecular complexity index is 145. The summed E-state index contributed by atoms with van der Waals surface area (Å²) in [5.74, 6) is 0. The molecule has 8 heavy (non-hydrogen) atoms. The molecule has 0 amide bonds. The first-order valence-corrected chi connectivity index (χ1v) is 2.31. The van der Waals surface area contributed by atoms with Crippen LogP contribution in [0.5, 0.6) is 0 Å². The van der Waals surface area contributed by atoms with Crippen molar-refractivity contribution < 1.29 is 5.11 Å². The minimum atomic E-state index is -0.759. The lowest BCUT2D eigenvalue weighted by Gasteiger charge is -2.00. The van der Waals surface area contributed by atoms with Gasteiger partial charge in [-0.2, -0.15) is 5.10 Å². The SMILES string of the molecule is [CH2]C(O)n1cccn1. The molecule has 0 saturated heterocycles. The summed E-state index contributed by atoms with van der Waals surface area (Å²) in [4.78, 5) is 0. The van der Waals surface area contributed by atoms with Gasteiger partial charge in [-0.1, -0.05) is 0 Å². The average Bonchev–Trinajstić information content (AvgIpc) is 2.12. The van der Waals surface area contributed by atoms with Gasteiger partial charge in [0, 0.05) is 12.4 Å². The molecule has 0 aliphatic carbocycles. The number of aliphatic hydroxyl groups is 1. The van der Waals surface area contributed by atoms with E-state index in [1.807, 2.05) is 0 Å². The molecule has 0 saturated carbocycles. The van der Waals surface area contributed by atoms with E-state index in [4.69, 9.17) is 5.11 Å². The van der Waals surface area contributed by atoms with Crippen molar-refractivity contribution in [3.63, 3.8) is 0 Å². The summed E-state index contributed by atoms with van der Waals surface area (Å²) in [6.07, 6.45) is 2.48. The fourth-order valence-corrected chi connectivity index (χ4v) is 0.457. The van der Waals surface area contributed by atoms with Gasteiger partial charge >= 0.3 is 0 Å². The van der Waals surface area contributed by atoms with E-state index >= 15 is 0 Å². The summed E-state index contributed by atoms with van der Waals surface area (Å²) >= 11 is 0. The number of rotatable bonds is 1. The summed E-state index contributed by atoms with van der Waals surface area (Å²) in [6.45, 7) is 3.34. The third-order valence-corrected chi connectivity index (χ3v) is 0.830. The highest BCUT2D eigenvalue weighted by Gasteiger charge is 1.93. The van der Waals surface area contributed by atoms with Gasteiger partial charge in [-0.15, -0.1) is 0 Å². The Morgan fingerprint density at radius 2 is 2.50 bits per heavy atom. The number of aromatic nitrogens is 2. The van der Waals surface area contributed by atoms with Gasteiger partial charge in [0.1, 0.15) is 6.23 Å². The van der Waals surface area contributed by atoms with E-state index in [9.17, 15) is 0 Å². The maximum absolute atomic E-state index is 8.70. The number of nitrogens with zero attached hydrogens (tertiary/aromatic N) is 2. The molecule has 1 unspecified atom stereocenters. The lowest BCUT2D eigenvalue weighted by Crippen LogP contribution is -2.03. The highest BCUT2D eigenvalue weighted by molar-refractivity contribution is 4.79. The molecule has 0 fully saturated rings. The molecule has 0 aromatic carbocycles. The van der Waals surface area contributed by atoms with Crippen LogP contribution in [0.2, 0.25) is 0 Å². The molecular weight excluding hydrogens is 104 g/mol. The minimum absolute atomic E-state index is 0.759. The normalized spacial score (nSPS) is 13.8. The summed E-state index contributed by atoms with van der Waals surface area (Å²) in [6, 6.07) is 1.73. The van der Waals surface area contributed by atoms with Crippen molar-refractivity contribution in [2.75, 3.05) is 0 Å². The molecule has 0 bridgehead atoms. The topological polar surface area (TPSA) is 38.0 Å². The van der Waals surface area contributed by atoms with Gasteiger partial charge in [-0.05, 0) is 13.0 Å². The Balaban J connectivity index is 2.77. The lowest BCUT2D eigenvalue weighted by molar-refractivity contribution is 0.137. The van der Waals surface area contributed by atoms with Crippen molar-refractivity contribution in [2.45, 2.75) is 6.23 Å². The molecule has 1 aromatic heterocycles. The van der Waals surface area contributed by atoms with E-state index in [1.54, 1.807) is 18.5 Å². The molecule has 1 atom stereocenters. The summed E-state index contributed by atoms with van der Waals surface area (Å²) in [5, 5.41) is 12.4. The first-order valence-electron chi connectivity index (χ1n) is 2.31. The molecule has 0 aliphatic heterocycles. The third kappa shape index (κ3) is 0.869. The van der Waals surface area contributed by atoms with Crippen LogP contribution in [0.4, 0.5) is 0 Å². The van der Waals surface area contributed by atoms with Crippen LogP contribution in [0.15, 0.2) is 18.5 Å². The van der Waals surface area contributed by atoms with Gasteiger partial charge in [0.05, 0.1) is 0 Å². The predicted molar refractivity (Wildman–Crippen MR) is 28.8 cm³/mol. The van der Waals surface area contributed by atoms with Crippen molar-refractivity contribution in [1.82, 2.24) is 9.78 Å². The van der Waals surface area contributed by atoms with Crippen molar-refractivity contribution in [2.24, 2.45) is 0 Å². The van der Waals surface area contributed by atoms with Gasteiger partial charge in [0.25, 0.3) is 0 Å². The molecule has 43 valence electrons. The van der Waals surface area contributed by atoms with Crippen LogP contribution in [-0.2, 0) is 0 Å². The molecule has 1 rings (SSSR count). The Labute approximate surface area is 47.6 Å². The van der Waals surface area contributed by atoms with E-state index in [1.165, 1.54) is 4.68 Å². The number of hydrogen-bond donors (Lipinski definition) is 1. The van der Waals surface area contributed by atoms with Crippen LogP contribution in [0, 0.1) is 6.92 Å². The van der Waals surface area contributed by atoms with Crippen LogP contribution < -0.4 is 0 Å². The van der Waals surface area contributed by atoms with Crippen LogP contribution in [0.1, 0.15) is 6.23 Å². The largest absolute Gasteiger partial charge is 0.372 e. The highest BCUT2D eigenvalue weighted by Crippen LogP contribution is 1.94. The van der Waals surface area contributed by atoms with Crippen molar-refractivity contribution in [3.05, 3.63) is 25.4 Å². The second-order valence-electron chi connectivity index (χ2n) is 1.47. The zero-order valence-corrected chi connectivity index (χ0v) is 4.36. The van der Waals surface area contributed by atoms with Gasteiger partial charge in [-0.25, -0.2) is 4.68 Å². The molecule has 0 spiro atoms. The zero-order valence-electron chi connectivity index (χ0n) is 4.36. The van der Waals surface area contributed by atoms with E-state index in [0.717, 1.165) is 0 Å². The van der Waals surface area contributed by atoms with Crippen molar-refractivity contribution in [3.8, 4) is 0 Å². The van der Waals surface area contributed by atoms with Crippen LogP contribution >= 0.6 is 0 Å². The van der Waals surface area contributed by atoms with Gasteiger partial charge < -0.3 is 5.11 Å². The van der Waals surface area contributed by atoms with Gasteiger partial charge in [0.15, 0.2) is 0 Å². The van der Waals surface area contributed by atoms with E-state index in [-0.39, 0.29) is 0 Å². The third-order valence-electron chi connectivity index (χ3n) is 0.830. The summed E-state index contributed by atoms with van der Waals surface area (Å²) in [7, 11) is 0. The van der Waals surface area contributed by atoms with Crippen LogP contribution in [0.3, 0.4) is 0 Å². The standard InChI is InChI=1S/C5H7N2O/c1-5(8)7-4-2-3-6-7/h2-5,8H,1H2. The molecule has 1 radical (unpaired) electrons. The van der Waals surface area contributed by atoms with Crippen LogP contribution in [0.25, 0.3) is 0 Å². The van der Waals surface area contributed by atoms with E-state index in [0.29, 0.717) is 0 Å². The predicted octanol–water partition coefficient (Wildman–Crippen LogP) is 0.208. The van der Waals surface area contributed by atoms with Crippen LogP contribution in [-0.4, -0.2) is 14.9 Å². The number of aliphatic hydroxyl groups excluding tert-OH is 1. The van der Waals surface area contributed by atoms with E-state index in [2.05, 4.69) is 12.0 Å². The Hall–Kier alpha value is -0.830. The Morgan fingerprint density at radius 1 is 1.75 bits per heavy atom. The monoisotopic (exact) mass is 111 g/mol. The lowest BCUT2D eigenvalue weighted by atomic mass is 10.6. The second-order valence-corrected chi connectivity index (χ2v) is 1.47. The quantitative estimate of drug-likeness (QED) is 0.562. The molecule has 1 N–H and O–H groups in total. The fraction of sp³-hybridized carbons (Fsp3) is 0.200. The van der Waals surface area contributed by atoms with Gasteiger partial charge in [0.2, 0.25) is 0 Å². The summed E-state index contributed by atoms with van der Waals surface area (Å²) < 4.78 is 1.36. The highest BCUT2D eigenvalue weighted by atomic mass is 16.3. The zero-order chi connectivity index (χ0) is 5.98. The molecule has 0 aliphatic rings. The van der Waals surface area contributed by atoms with Crippen molar-refractivity contribution >= 4 is 0 Å². The van der Waals surface area contributed by atoms with Gasteiger partial charge in [-0.3, -0.25) is 0 Å². The number of hydrogen-bond acceptors (Lipinski definition) is 2. The van der Waals surface area contributed by atoms with Crippen molar-refractivity contribution in [1.29, 1.82) is 0 Å². The average molecular weight is 111 g/mol. The molecule has 1 aromatic rings. The maximum Gasteiger partial charge on any atom is 0.147 e. The summed E-state index contributed by atoms with van der Waals surface area (Å²) in [5.41, 5.74) is 0. The fourth-order valence-electron chi connectivity index (χ4n) is 0.457. The first-order chi connectivity index (χ1) is 3.80. The second kappa shape index (κ2) is 1.96. The Kier molecular flexibility index (Phi) is 1.30.